The van der Waals surface area contributed by atoms with Crippen molar-refractivity contribution in [1.82, 2.24) is 10.6 Å². The molecular formula is C26H29N3O3S2. The van der Waals surface area contributed by atoms with Gasteiger partial charge in [-0.1, -0.05) is 50.1 Å². The Bertz CT molecular complexity index is 1110. The van der Waals surface area contributed by atoms with E-state index in [0.717, 1.165) is 36.1 Å². The molecule has 6 nitrogen and oxygen atoms in total. The number of hydrogen-bond donors (Lipinski definition) is 2. The Morgan fingerprint density at radius 1 is 1.00 bits per heavy atom. The van der Waals surface area contributed by atoms with Crippen molar-refractivity contribution >= 4 is 46.1 Å². The van der Waals surface area contributed by atoms with Gasteiger partial charge in [-0.2, -0.15) is 0 Å². The standard InChI is InChI=1S/C26H29N3O3S2/c1-2-18-9-3-6-12-20(18)29(23(30)17-27-25(31)22-14-8-16-34-22)24(21-13-7-15-33-21)26(32)28-19-10-4-5-11-19/h3,6-9,12-16,19,24H,2,4-5,10-11,17H2,1H3,(H,27,31)(H,28,32). The molecule has 34 heavy (non-hydrogen) atoms. The second-order valence-corrected chi connectivity index (χ2v) is 10.2. The molecule has 1 atom stereocenters. The first-order valence-electron chi connectivity index (χ1n) is 11.6. The summed E-state index contributed by atoms with van der Waals surface area (Å²) in [5.74, 6) is -0.806. The maximum Gasteiger partial charge on any atom is 0.261 e. The molecule has 1 aliphatic rings. The molecule has 0 saturated heterocycles. The van der Waals surface area contributed by atoms with Gasteiger partial charge >= 0.3 is 0 Å². The summed E-state index contributed by atoms with van der Waals surface area (Å²) < 4.78 is 0. The Kier molecular flexibility index (Phi) is 8.13. The van der Waals surface area contributed by atoms with Crippen LogP contribution < -0.4 is 15.5 Å². The molecule has 1 saturated carbocycles. The van der Waals surface area contributed by atoms with Gasteiger partial charge in [0.2, 0.25) is 11.8 Å². The third-order valence-corrected chi connectivity index (χ3v) is 7.86. The average Bonchev–Trinajstić information content (AvgIpc) is 3.64. The molecule has 3 amide bonds. The van der Waals surface area contributed by atoms with E-state index in [-0.39, 0.29) is 30.3 Å². The van der Waals surface area contributed by atoms with E-state index >= 15 is 0 Å². The van der Waals surface area contributed by atoms with Crippen molar-refractivity contribution in [3.05, 3.63) is 74.6 Å². The van der Waals surface area contributed by atoms with Crippen LogP contribution in [-0.4, -0.2) is 30.3 Å². The average molecular weight is 496 g/mol. The number of nitrogens with zero attached hydrogens (tertiary/aromatic N) is 1. The van der Waals surface area contributed by atoms with Gasteiger partial charge in [-0.25, -0.2) is 0 Å². The lowest BCUT2D eigenvalue weighted by Gasteiger charge is -2.33. The Morgan fingerprint density at radius 2 is 1.74 bits per heavy atom. The van der Waals surface area contributed by atoms with Crippen LogP contribution in [0, 0.1) is 0 Å². The van der Waals surface area contributed by atoms with Crippen molar-refractivity contribution in [3.8, 4) is 0 Å². The number of anilines is 1. The van der Waals surface area contributed by atoms with Gasteiger partial charge in [-0.05, 0) is 53.8 Å². The van der Waals surface area contributed by atoms with Crippen LogP contribution in [0.1, 0.15) is 58.8 Å². The summed E-state index contributed by atoms with van der Waals surface area (Å²) in [7, 11) is 0. The predicted octanol–water partition coefficient (Wildman–Crippen LogP) is 4.94. The van der Waals surface area contributed by atoms with Crippen LogP contribution in [0.4, 0.5) is 5.69 Å². The highest BCUT2D eigenvalue weighted by molar-refractivity contribution is 7.12. The molecule has 4 rings (SSSR count). The van der Waals surface area contributed by atoms with E-state index in [4.69, 9.17) is 0 Å². The Labute approximate surface area is 208 Å². The van der Waals surface area contributed by atoms with Gasteiger partial charge in [-0.15, -0.1) is 22.7 Å². The van der Waals surface area contributed by atoms with E-state index in [1.165, 1.54) is 22.7 Å². The third kappa shape index (κ3) is 5.56. The first-order valence-corrected chi connectivity index (χ1v) is 13.4. The van der Waals surface area contributed by atoms with E-state index in [9.17, 15) is 14.4 Å². The van der Waals surface area contributed by atoms with Crippen LogP contribution in [0.5, 0.6) is 0 Å². The van der Waals surface area contributed by atoms with E-state index in [1.807, 2.05) is 54.1 Å². The minimum atomic E-state index is -0.806. The van der Waals surface area contributed by atoms with Gasteiger partial charge in [0.05, 0.1) is 11.4 Å². The van der Waals surface area contributed by atoms with E-state index < -0.39 is 6.04 Å². The molecular weight excluding hydrogens is 466 g/mol. The molecule has 0 radical (unpaired) electrons. The topological polar surface area (TPSA) is 78.5 Å². The Morgan fingerprint density at radius 3 is 2.41 bits per heavy atom. The number of aryl methyl sites for hydroxylation is 1. The normalized spacial score (nSPS) is 14.5. The SMILES string of the molecule is CCc1ccccc1N(C(=O)CNC(=O)c1cccs1)C(C(=O)NC1CCCC1)c1cccs1. The highest BCUT2D eigenvalue weighted by Gasteiger charge is 2.35. The summed E-state index contributed by atoms with van der Waals surface area (Å²) in [6, 6.07) is 14.3. The molecule has 0 aliphatic heterocycles. The third-order valence-electron chi connectivity index (χ3n) is 6.07. The van der Waals surface area contributed by atoms with Gasteiger partial charge in [-0.3, -0.25) is 19.3 Å². The minimum Gasteiger partial charge on any atom is -0.351 e. The number of hydrogen-bond acceptors (Lipinski definition) is 5. The number of amides is 3. The second kappa shape index (κ2) is 11.4. The van der Waals surface area contributed by atoms with E-state index in [1.54, 1.807) is 17.0 Å². The molecule has 1 fully saturated rings. The molecule has 1 unspecified atom stereocenters. The number of benzene rings is 1. The number of thiophene rings is 2. The van der Waals surface area contributed by atoms with Gasteiger partial charge < -0.3 is 10.6 Å². The fraction of sp³-hybridized carbons (Fsp3) is 0.346. The zero-order valence-corrected chi connectivity index (χ0v) is 20.8. The van der Waals surface area contributed by atoms with Gasteiger partial charge in [0.15, 0.2) is 0 Å². The summed E-state index contributed by atoms with van der Waals surface area (Å²) in [4.78, 5) is 42.8. The van der Waals surface area contributed by atoms with Crippen LogP contribution in [0.15, 0.2) is 59.3 Å². The maximum absolute atomic E-state index is 13.7. The molecule has 2 heterocycles. The van der Waals surface area contributed by atoms with E-state index in [0.29, 0.717) is 17.0 Å². The zero-order chi connectivity index (χ0) is 23.9. The number of carbonyl (C=O) groups excluding carboxylic acids is 3. The van der Waals surface area contributed by atoms with Crippen LogP contribution in [0.2, 0.25) is 0 Å². The molecule has 0 spiro atoms. The van der Waals surface area contributed by atoms with Crippen molar-refractivity contribution in [2.45, 2.75) is 51.1 Å². The highest BCUT2D eigenvalue weighted by atomic mass is 32.1. The molecule has 0 bridgehead atoms. The lowest BCUT2D eigenvalue weighted by Crippen LogP contribution is -2.49. The number of rotatable bonds is 9. The summed E-state index contributed by atoms with van der Waals surface area (Å²) in [5.41, 5.74) is 1.66. The molecule has 178 valence electrons. The van der Waals surface area contributed by atoms with Crippen LogP contribution in [0.25, 0.3) is 0 Å². The highest BCUT2D eigenvalue weighted by Crippen LogP contribution is 2.33. The second-order valence-electron chi connectivity index (χ2n) is 8.31. The monoisotopic (exact) mass is 495 g/mol. The van der Waals surface area contributed by atoms with Gasteiger partial charge in [0.1, 0.15) is 6.04 Å². The van der Waals surface area contributed by atoms with Crippen molar-refractivity contribution in [3.63, 3.8) is 0 Å². The fourth-order valence-electron chi connectivity index (χ4n) is 4.37. The quantitative estimate of drug-likeness (QED) is 0.442. The maximum atomic E-state index is 13.7. The van der Waals surface area contributed by atoms with Gasteiger partial charge in [0.25, 0.3) is 5.91 Å². The molecule has 1 aromatic carbocycles. The Hall–Kier alpha value is -2.97. The van der Waals surface area contributed by atoms with Crippen molar-refractivity contribution in [2.75, 3.05) is 11.4 Å². The van der Waals surface area contributed by atoms with Crippen LogP contribution in [-0.2, 0) is 16.0 Å². The number of carbonyl (C=O) groups is 3. The Balaban J connectivity index is 1.67. The smallest absolute Gasteiger partial charge is 0.261 e. The first kappa shape index (κ1) is 24.2. The summed E-state index contributed by atoms with van der Waals surface area (Å²) in [6.07, 6.45) is 4.83. The molecule has 8 heteroatoms. The lowest BCUT2D eigenvalue weighted by atomic mass is 10.1. The number of para-hydroxylation sites is 1. The summed E-state index contributed by atoms with van der Waals surface area (Å²) in [6.45, 7) is 1.83. The first-order chi connectivity index (χ1) is 16.6. The van der Waals surface area contributed by atoms with Crippen LogP contribution in [0.3, 0.4) is 0 Å². The predicted molar refractivity (Wildman–Crippen MR) is 137 cm³/mol. The molecule has 3 aromatic rings. The molecule has 2 N–H and O–H groups in total. The van der Waals surface area contributed by atoms with Crippen molar-refractivity contribution in [1.29, 1.82) is 0 Å². The van der Waals surface area contributed by atoms with Gasteiger partial charge in [0, 0.05) is 16.6 Å². The zero-order valence-electron chi connectivity index (χ0n) is 19.2. The lowest BCUT2D eigenvalue weighted by molar-refractivity contribution is -0.126. The van der Waals surface area contributed by atoms with Crippen molar-refractivity contribution < 1.29 is 14.4 Å². The summed E-state index contributed by atoms with van der Waals surface area (Å²) >= 11 is 2.77. The van der Waals surface area contributed by atoms with Crippen LogP contribution >= 0.6 is 22.7 Å². The largest absolute Gasteiger partial charge is 0.351 e. The fourth-order valence-corrected chi connectivity index (χ4v) is 5.82. The summed E-state index contributed by atoms with van der Waals surface area (Å²) in [5, 5.41) is 9.66. The molecule has 2 aromatic heterocycles. The van der Waals surface area contributed by atoms with E-state index in [2.05, 4.69) is 10.6 Å². The minimum absolute atomic E-state index is 0.131. The number of nitrogens with one attached hydrogen (secondary N) is 2. The van der Waals surface area contributed by atoms with Crippen molar-refractivity contribution in [2.24, 2.45) is 0 Å². The molecule has 1 aliphatic carbocycles.